The van der Waals surface area contributed by atoms with Crippen molar-refractivity contribution in [1.29, 1.82) is 0 Å². The molecule has 2 heterocycles. The molecule has 0 saturated heterocycles. The van der Waals surface area contributed by atoms with Gasteiger partial charge in [0, 0.05) is 4.91 Å². The Morgan fingerprint density at radius 2 is 1.61 bits per heavy atom. The van der Waals surface area contributed by atoms with Gasteiger partial charge < -0.3 is 0 Å². The zero-order valence-corrected chi connectivity index (χ0v) is 10.6. The standard InChI is InChI=1S/C11H17N7/c1-15-3-5-17(9-15)7-11(13-14-12)8-18-6-4-16(2)10-18/h3-6,9-11H,7-8H2,1-2H3/q+2. The van der Waals surface area contributed by atoms with Gasteiger partial charge in [-0.3, -0.25) is 0 Å². The maximum absolute atomic E-state index is 8.63. The number of aromatic nitrogens is 4. The molecule has 0 atom stereocenters. The lowest BCUT2D eigenvalue weighted by Gasteiger charge is -2.05. The zero-order chi connectivity index (χ0) is 13.0. The molecular weight excluding hydrogens is 230 g/mol. The normalized spacial score (nSPS) is 10.6. The van der Waals surface area contributed by atoms with Gasteiger partial charge in [0.1, 0.15) is 43.9 Å². The molecule has 0 aliphatic heterocycles. The SMILES string of the molecule is C[n+]1ccn(CC(Cn2cc[n+](C)c2)N=[N+]=[N-])c1. The fourth-order valence-electron chi connectivity index (χ4n) is 1.91. The number of rotatable bonds is 5. The van der Waals surface area contributed by atoms with Gasteiger partial charge in [-0.2, -0.15) is 0 Å². The lowest BCUT2D eigenvalue weighted by Crippen LogP contribution is -2.26. The van der Waals surface area contributed by atoms with Crippen molar-refractivity contribution in [2.24, 2.45) is 19.2 Å². The third-order valence-corrected chi connectivity index (χ3v) is 2.71. The van der Waals surface area contributed by atoms with Gasteiger partial charge in [-0.1, -0.05) is 5.11 Å². The molecule has 2 aromatic heterocycles. The van der Waals surface area contributed by atoms with Crippen LogP contribution in [0.3, 0.4) is 0 Å². The smallest absolute Gasteiger partial charge is 0.240 e. The molecule has 0 unspecified atom stereocenters. The Hall–Kier alpha value is -2.27. The van der Waals surface area contributed by atoms with E-state index >= 15 is 0 Å². The molecule has 0 radical (unpaired) electrons. The minimum Gasteiger partial charge on any atom is -0.240 e. The lowest BCUT2D eigenvalue weighted by molar-refractivity contribution is -0.671. The third-order valence-electron chi connectivity index (χ3n) is 2.71. The van der Waals surface area contributed by atoms with Gasteiger partial charge in [-0.15, -0.1) is 0 Å². The van der Waals surface area contributed by atoms with E-state index in [-0.39, 0.29) is 6.04 Å². The summed E-state index contributed by atoms with van der Waals surface area (Å²) in [6.07, 6.45) is 11.8. The van der Waals surface area contributed by atoms with Gasteiger partial charge in [0.2, 0.25) is 12.7 Å². The van der Waals surface area contributed by atoms with E-state index in [0.717, 1.165) is 0 Å². The van der Waals surface area contributed by atoms with Crippen LogP contribution in [0.15, 0.2) is 42.6 Å². The van der Waals surface area contributed by atoms with Crippen LogP contribution >= 0.6 is 0 Å². The second-order valence-corrected chi connectivity index (χ2v) is 4.41. The maximum atomic E-state index is 8.63. The van der Waals surface area contributed by atoms with Crippen LogP contribution in [0.5, 0.6) is 0 Å². The van der Waals surface area contributed by atoms with E-state index in [2.05, 4.69) is 10.0 Å². The molecule has 0 fully saturated rings. The second-order valence-electron chi connectivity index (χ2n) is 4.41. The van der Waals surface area contributed by atoms with Crippen LogP contribution in [0, 0.1) is 0 Å². The molecule has 7 nitrogen and oxygen atoms in total. The fraction of sp³-hybridized carbons (Fsp3) is 0.455. The Labute approximate surface area is 105 Å². The molecule has 0 saturated carbocycles. The van der Waals surface area contributed by atoms with Crippen molar-refractivity contribution >= 4 is 0 Å². The van der Waals surface area contributed by atoms with Gasteiger partial charge in [-0.05, 0) is 5.53 Å². The number of imidazole rings is 2. The Bertz CT molecular complexity index is 519. The maximum Gasteiger partial charge on any atom is 0.243 e. The molecule has 0 aromatic carbocycles. The van der Waals surface area contributed by atoms with Crippen molar-refractivity contribution in [3.8, 4) is 0 Å². The first-order valence-corrected chi connectivity index (χ1v) is 5.73. The number of azide groups is 1. The largest absolute Gasteiger partial charge is 0.243 e. The summed E-state index contributed by atoms with van der Waals surface area (Å²) in [5, 5.41) is 3.85. The first-order valence-electron chi connectivity index (χ1n) is 5.73. The van der Waals surface area contributed by atoms with Crippen molar-refractivity contribution in [2.75, 3.05) is 0 Å². The summed E-state index contributed by atoms with van der Waals surface area (Å²) in [7, 11) is 3.93. The Kier molecular flexibility index (Phi) is 3.64. The highest BCUT2D eigenvalue weighted by molar-refractivity contribution is 4.76. The molecule has 0 bridgehead atoms. The van der Waals surface area contributed by atoms with Crippen molar-refractivity contribution in [3.05, 3.63) is 47.9 Å². The summed E-state index contributed by atoms with van der Waals surface area (Å²) in [5.41, 5.74) is 8.63. The van der Waals surface area contributed by atoms with Crippen molar-refractivity contribution < 1.29 is 9.13 Å². The van der Waals surface area contributed by atoms with Gasteiger partial charge >= 0.3 is 0 Å². The van der Waals surface area contributed by atoms with Crippen LogP contribution in [0.25, 0.3) is 10.4 Å². The number of hydrogen-bond acceptors (Lipinski definition) is 1. The van der Waals surface area contributed by atoms with E-state index in [0.29, 0.717) is 13.1 Å². The summed E-state index contributed by atoms with van der Waals surface area (Å²) in [6, 6.07) is -0.102. The Morgan fingerprint density at radius 3 is 1.94 bits per heavy atom. The summed E-state index contributed by atoms with van der Waals surface area (Å²) < 4.78 is 7.96. The predicted octanol–water partition coefficient (Wildman–Crippen LogP) is 0.318. The Morgan fingerprint density at radius 1 is 1.11 bits per heavy atom. The molecule has 0 N–H and O–H groups in total. The van der Waals surface area contributed by atoms with Crippen LogP contribution in [0.1, 0.15) is 0 Å². The van der Waals surface area contributed by atoms with Crippen LogP contribution in [0.4, 0.5) is 0 Å². The molecule has 0 aliphatic carbocycles. The topological polar surface area (TPSA) is 66.4 Å². The summed E-state index contributed by atoms with van der Waals surface area (Å²) >= 11 is 0. The van der Waals surface area contributed by atoms with E-state index in [1.165, 1.54) is 0 Å². The first kappa shape index (κ1) is 12.2. The lowest BCUT2D eigenvalue weighted by atomic mass is 10.3. The van der Waals surface area contributed by atoms with E-state index in [9.17, 15) is 0 Å². The minimum atomic E-state index is -0.102. The monoisotopic (exact) mass is 247 g/mol. The third kappa shape index (κ3) is 3.11. The van der Waals surface area contributed by atoms with Gasteiger partial charge in [-0.25, -0.2) is 18.3 Å². The predicted molar refractivity (Wildman–Crippen MR) is 64.2 cm³/mol. The van der Waals surface area contributed by atoms with Crippen molar-refractivity contribution in [3.63, 3.8) is 0 Å². The van der Waals surface area contributed by atoms with E-state index < -0.39 is 0 Å². The molecule has 0 spiro atoms. The quantitative estimate of drug-likeness (QED) is 0.316. The molecule has 94 valence electrons. The molecular formula is C11H17N7+2. The first-order chi connectivity index (χ1) is 8.67. The fourth-order valence-corrected chi connectivity index (χ4v) is 1.91. The second kappa shape index (κ2) is 5.37. The van der Waals surface area contributed by atoms with E-state index in [4.69, 9.17) is 5.53 Å². The van der Waals surface area contributed by atoms with Crippen LogP contribution in [-0.2, 0) is 27.2 Å². The molecule has 7 heteroatoms. The van der Waals surface area contributed by atoms with Crippen molar-refractivity contribution in [2.45, 2.75) is 19.1 Å². The van der Waals surface area contributed by atoms with Gasteiger partial charge in [0.25, 0.3) is 0 Å². The highest BCUT2D eigenvalue weighted by Crippen LogP contribution is 2.01. The number of hydrogen-bond donors (Lipinski definition) is 0. The van der Waals surface area contributed by atoms with E-state index in [1.54, 1.807) is 0 Å². The van der Waals surface area contributed by atoms with Gasteiger partial charge in [0.15, 0.2) is 0 Å². The van der Waals surface area contributed by atoms with Crippen LogP contribution < -0.4 is 9.13 Å². The average molecular weight is 247 g/mol. The van der Waals surface area contributed by atoms with Gasteiger partial charge in [0.05, 0.1) is 14.1 Å². The minimum absolute atomic E-state index is 0.102. The highest BCUT2D eigenvalue weighted by Gasteiger charge is 2.15. The zero-order valence-electron chi connectivity index (χ0n) is 10.6. The van der Waals surface area contributed by atoms with E-state index in [1.807, 2.05) is 69.8 Å². The van der Waals surface area contributed by atoms with Crippen molar-refractivity contribution in [1.82, 2.24) is 9.13 Å². The molecule has 0 amide bonds. The number of nitrogens with zero attached hydrogens (tertiary/aromatic N) is 7. The molecule has 18 heavy (non-hydrogen) atoms. The highest BCUT2D eigenvalue weighted by atomic mass is 15.2. The van der Waals surface area contributed by atoms with Crippen LogP contribution in [-0.4, -0.2) is 15.2 Å². The summed E-state index contributed by atoms with van der Waals surface area (Å²) in [6.45, 7) is 1.35. The average Bonchev–Trinajstić information content (AvgIpc) is 2.89. The molecule has 0 aliphatic rings. The Balaban J connectivity index is 2.06. The molecule has 2 rings (SSSR count). The number of aryl methyl sites for hydroxylation is 2. The summed E-state index contributed by atoms with van der Waals surface area (Å²) in [4.78, 5) is 2.93. The van der Waals surface area contributed by atoms with Crippen LogP contribution in [0.2, 0.25) is 0 Å². The molecule has 2 aromatic rings. The summed E-state index contributed by atoms with van der Waals surface area (Å²) in [5.74, 6) is 0.